The minimum absolute atomic E-state index is 0.00914. The van der Waals surface area contributed by atoms with Crippen molar-refractivity contribution < 1.29 is 14.3 Å². The molecule has 2 rings (SSSR count). The summed E-state index contributed by atoms with van der Waals surface area (Å²) in [4.78, 5) is 11.9. The van der Waals surface area contributed by atoms with Crippen LogP contribution in [0.2, 0.25) is 0 Å². The largest absolute Gasteiger partial charge is 0.507 e. The maximum Gasteiger partial charge on any atom is 0.259 e. The Balaban J connectivity index is 2.25. The van der Waals surface area contributed by atoms with Crippen LogP contribution >= 0.6 is 15.9 Å². The number of phenolic OH excluding ortho intramolecular Hbond substituents is 1. The Kier molecular flexibility index (Phi) is 3.71. The van der Waals surface area contributed by atoms with Crippen molar-refractivity contribution in [2.45, 2.75) is 0 Å². The highest BCUT2D eigenvalue weighted by molar-refractivity contribution is 9.10. The first kappa shape index (κ1) is 13.4. The quantitative estimate of drug-likeness (QED) is 0.743. The van der Waals surface area contributed by atoms with Crippen molar-refractivity contribution in [3.05, 3.63) is 52.3 Å². The SMILES string of the molecule is Nc1ccc(NC(=O)c2ccc(F)cc2O)c(Br)c1. The zero-order chi connectivity index (χ0) is 14.0. The first-order valence-electron chi connectivity index (χ1n) is 5.32. The number of halogens is 2. The molecule has 0 aliphatic heterocycles. The summed E-state index contributed by atoms with van der Waals surface area (Å²) in [5, 5.41) is 12.1. The second-order valence-electron chi connectivity index (χ2n) is 3.85. The number of rotatable bonds is 2. The zero-order valence-corrected chi connectivity index (χ0v) is 11.2. The fourth-order valence-electron chi connectivity index (χ4n) is 1.52. The Morgan fingerprint density at radius 1 is 1.26 bits per heavy atom. The molecule has 0 spiro atoms. The van der Waals surface area contributed by atoms with Crippen molar-refractivity contribution in [2.24, 2.45) is 0 Å². The summed E-state index contributed by atoms with van der Waals surface area (Å²) in [6.45, 7) is 0. The maximum absolute atomic E-state index is 12.8. The summed E-state index contributed by atoms with van der Waals surface area (Å²) in [5.74, 6) is -1.56. The molecule has 0 bridgehead atoms. The molecular formula is C13H10BrFN2O2. The molecule has 0 aliphatic rings. The number of nitrogens with one attached hydrogen (secondary N) is 1. The van der Waals surface area contributed by atoms with Crippen LogP contribution in [0.3, 0.4) is 0 Å². The molecule has 2 aromatic carbocycles. The molecule has 0 unspecified atom stereocenters. The molecule has 2 aromatic rings. The van der Waals surface area contributed by atoms with E-state index < -0.39 is 17.5 Å². The van der Waals surface area contributed by atoms with Crippen LogP contribution in [0.4, 0.5) is 15.8 Å². The van der Waals surface area contributed by atoms with Crippen molar-refractivity contribution in [2.75, 3.05) is 11.1 Å². The number of phenols is 1. The van der Waals surface area contributed by atoms with Gasteiger partial charge in [0.1, 0.15) is 11.6 Å². The van der Waals surface area contributed by atoms with Gasteiger partial charge in [-0.2, -0.15) is 0 Å². The fraction of sp³-hybridized carbons (Fsp3) is 0. The van der Waals surface area contributed by atoms with Gasteiger partial charge in [0.2, 0.25) is 0 Å². The second kappa shape index (κ2) is 5.27. The summed E-state index contributed by atoms with van der Waals surface area (Å²) in [7, 11) is 0. The average molecular weight is 325 g/mol. The van der Waals surface area contributed by atoms with Crippen LogP contribution in [0.15, 0.2) is 40.9 Å². The summed E-state index contributed by atoms with van der Waals surface area (Å²) >= 11 is 3.26. The summed E-state index contributed by atoms with van der Waals surface area (Å²) in [5.41, 5.74) is 6.63. The Bertz CT molecular complexity index is 647. The van der Waals surface area contributed by atoms with Crippen LogP contribution < -0.4 is 11.1 Å². The predicted octanol–water partition coefficient (Wildman–Crippen LogP) is 3.13. The molecule has 0 saturated carbocycles. The number of hydrogen-bond donors (Lipinski definition) is 3. The highest BCUT2D eigenvalue weighted by Crippen LogP contribution is 2.26. The van der Waals surface area contributed by atoms with E-state index in [-0.39, 0.29) is 5.56 Å². The van der Waals surface area contributed by atoms with Gasteiger partial charge in [0.25, 0.3) is 5.91 Å². The predicted molar refractivity (Wildman–Crippen MR) is 74.6 cm³/mol. The van der Waals surface area contributed by atoms with Gasteiger partial charge in [0.05, 0.1) is 11.3 Å². The molecular weight excluding hydrogens is 315 g/mol. The highest BCUT2D eigenvalue weighted by Gasteiger charge is 2.13. The standard InChI is InChI=1S/C13H10BrFN2O2/c14-10-6-8(16)2-4-11(10)17-13(19)9-3-1-7(15)5-12(9)18/h1-6,18H,16H2,(H,17,19). The topological polar surface area (TPSA) is 75.3 Å². The Morgan fingerprint density at radius 3 is 2.63 bits per heavy atom. The monoisotopic (exact) mass is 324 g/mol. The number of anilines is 2. The smallest absolute Gasteiger partial charge is 0.259 e. The van der Waals surface area contributed by atoms with Gasteiger partial charge in [-0.15, -0.1) is 0 Å². The molecule has 0 saturated heterocycles. The number of aromatic hydroxyl groups is 1. The highest BCUT2D eigenvalue weighted by atomic mass is 79.9. The zero-order valence-electron chi connectivity index (χ0n) is 9.65. The molecule has 19 heavy (non-hydrogen) atoms. The van der Waals surface area contributed by atoms with Crippen molar-refractivity contribution in [3.8, 4) is 5.75 Å². The number of nitrogen functional groups attached to an aromatic ring is 1. The lowest BCUT2D eigenvalue weighted by Crippen LogP contribution is -2.12. The summed E-state index contributed by atoms with van der Waals surface area (Å²) in [6, 6.07) is 8.09. The summed E-state index contributed by atoms with van der Waals surface area (Å²) in [6.07, 6.45) is 0. The van der Waals surface area contributed by atoms with Crippen LogP contribution in [-0.2, 0) is 0 Å². The third-order valence-corrected chi connectivity index (χ3v) is 3.10. The van der Waals surface area contributed by atoms with Gasteiger partial charge in [0.15, 0.2) is 0 Å². The van der Waals surface area contributed by atoms with E-state index in [1.54, 1.807) is 18.2 Å². The molecule has 0 fully saturated rings. The number of amides is 1. The molecule has 1 amide bonds. The van der Waals surface area contributed by atoms with Gasteiger partial charge >= 0.3 is 0 Å². The van der Waals surface area contributed by atoms with Crippen LogP contribution in [0.1, 0.15) is 10.4 Å². The number of nitrogens with two attached hydrogens (primary N) is 1. The molecule has 0 aromatic heterocycles. The molecule has 0 heterocycles. The molecule has 0 aliphatic carbocycles. The van der Waals surface area contributed by atoms with Gasteiger partial charge in [-0.3, -0.25) is 4.79 Å². The van der Waals surface area contributed by atoms with E-state index in [0.29, 0.717) is 15.8 Å². The lowest BCUT2D eigenvalue weighted by molar-refractivity contribution is 0.102. The number of hydrogen-bond acceptors (Lipinski definition) is 3. The van der Waals surface area contributed by atoms with Crippen LogP contribution in [0.5, 0.6) is 5.75 Å². The number of carbonyl (C=O) groups excluding carboxylic acids is 1. The second-order valence-corrected chi connectivity index (χ2v) is 4.71. The number of carbonyl (C=O) groups is 1. The van der Waals surface area contributed by atoms with Gasteiger partial charge in [0, 0.05) is 16.2 Å². The normalized spacial score (nSPS) is 10.2. The molecule has 98 valence electrons. The van der Waals surface area contributed by atoms with Gasteiger partial charge in [-0.05, 0) is 46.3 Å². The lowest BCUT2D eigenvalue weighted by atomic mass is 10.1. The van der Waals surface area contributed by atoms with Crippen molar-refractivity contribution >= 4 is 33.2 Å². The molecule has 0 radical (unpaired) electrons. The van der Waals surface area contributed by atoms with E-state index in [9.17, 15) is 14.3 Å². The van der Waals surface area contributed by atoms with Crippen LogP contribution in [0, 0.1) is 5.82 Å². The molecule has 0 atom stereocenters. The molecule has 6 heteroatoms. The lowest BCUT2D eigenvalue weighted by Gasteiger charge is -2.09. The van der Waals surface area contributed by atoms with Crippen molar-refractivity contribution in [3.63, 3.8) is 0 Å². The van der Waals surface area contributed by atoms with E-state index in [1.807, 2.05) is 0 Å². The average Bonchev–Trinajstić information content (AvgIpc) is 2.32. The van der Waals surface area contributed by atoms with Gasteiger partial charge in [-0.25, -0.2) is 4.39 Å². The Morgan fingerprint density at radius 2 is 2.00 bits per heavy atom. The maximum atomic E-state index is 12.8. The first-order valence-corrected chi connectivity index (χ1v) is 6.11. The van der Waals surface area contributed by atoms with E-state index in [1.165, 1.54) is 6.07 Å². The van der Waals surface area contributed by atoms with E-state index >= 15 is 0 Å². The van der Waals surface area contributed by atoms with E-state index in [2.05, 4.69) is 21.2 Å². The van der Waals surface area contributed by atoms with Crippen LogP contribution in [-0.4, -0.2) is 11.0 Å². The van der Waals surface area contributed by atoms with Gasteiger partial charge < -0.3 is 16.2 Å². The third kappa shape index (κ3) is 3.03. The minimum Gasteiger partial charge on any atom is -0.507 e. The minimum atomic E-state index is -0.609. The van der Waals surface area contributed by atoms with E-state index in [0.717, 1.165) is 12.1 Å². The Hall–Kier alpha value is -2.08. The van der Waals surface area contributed by atoms with Crippen molar-refractivity contribution in [1.29, 1.82) is 0 Å². The molecule has 4 N–H and O–H groups in total. The van der Waals surface area contributed by atoms with E-state index in [4.69, 9.17) is 5.73 Å². The third-order valence-electron chi connectivity index (χ3n) is 2.45. The van der Waals surface area contributed by atoms with Crippen LogP contribution in [0.25, 0.3) is 0 Å². The van der Waals surface area contributed by atoms with Gasteiger partial charge in [-0.1, -0.05) is 0 Å². The molecule has 4 nitrogen and oxygen atoms in total. The first-order chi connectivity index (χ1) is 8.97. The van der Waals surface area contributed by atoms with Crippen molar-refractivity contribution in [1.82, 2.24) is 0 Å². The number of benzene rings is 2. The Labute approximate surface area is 117 Å². The summed E-state index contributed by atoms with van der Waals surface area (Å²) < 4.78 is 13.4. The fourth-order valence-corrected chi connectivity index (χ4v) is 2.01.